The van der Waals surface area contributed by atoms with E-state index in [1.54, 1.807) is 6.92 Å². The van der Waals surface area contributed by atoms with E-state index < -0.39 is 6.10 Å². The molecule has 0 bridgehead atoms. The molecule has 1 aromatic rings. The average Bonchev–Trinajstić information content (AvgIpc) is 2.67. The molecule has 96 valence electrons. The molecule has 0 spiro atoms. The summed E-state index contributed by atoms with van der Waals surface area (Å²) in [6.07, 6.45) is 2.27. The third-order valence-electron chi connectivity index (χ3n) is 3.72. The first-order valence-electron chi connectivity index (χ1n) is 6.37. The van der Waals surface area contributed by atoms with Crippen LogP contribution in [0.4, 0.5) is 0 Å². The number of aryl methyl sites for hydroxylation is 1. The van der Waals surface area contributed by atoms with Crippen LogP contribution in [0.15, 0.2) is 12.1 Å². The first-order valence-corrected chi connectivity index (χ1v) is 6.37. The number of ether oxygens (including phenoxy) is 1. The quantitative estimate of drug-likeness (QED) is 0.781. The minimum absolute atomic E-state index is 0.0243. The number of carbonyl (C=O) groups excluding carboxylic acids is 1. The van der Waals surface area contributed by atoms with Crippen LogP contribution in [0.5, 0.6) is 5.75 Å². The van der Waals surface area contributed by atoms with Crippen molar-refractivity contribution >= 4 is 5.91 Å². The van der Waals surface area contributed by atoms with E-state index in [1.165, 1.54) is 11.1 Å². The van der Waals surface area contributed by atoms with E-state index in [0.29, 0.717) is 6.61 Å². The molecule has 3 rings (SSSR count). The summed E-state index contributed by atoms with van der Waals surface area (Å²) in [5.41, 5.74) is 3.42. The predicted octanol–water partition coefficient (Wildman–Crippen LogP) is 1.11. The van der Waals surface area contributed by atoms with Gasteiger partial charge in [-0.2, -0.15) is 0 Å². The monoisotopic (exact) mass is 247 g/mol. The predicted molar refractivity (Wildman–Crippen MR) is 66.5 cm³/mol. The van der Waals surface area contributed by atoms with Crippen molar-refractivity contribution in [3.05, 3.63) is 28.8 Å². The molecule has 2 unspecified atom stereocenters. The fourth-order valence-electron chi connectivity index (χ4n) is 2.86. The maximum atomic E-state index is 11.1. The molecule has 0 saturated carbocycles. The van der Waals surface area contributed by atoms with Gasteiger partial charge in [0.2, 0.25) is 5.91 Å². The Hall–Kier alpha value is -1.55. The smallest absolute Gasteiger partial charge is 0.217 e. The number of nitrogens with one attached hydrogen (secondary N) is 1. The van der Waals surface area contributed by atoms with E-state index in [4.69, 9.17) is 4.74 Å². The Kier molecular flexibility index (Phi) is 2.74. The van der Waals surface area contributed by atoms with Crippen LogP contribution >= 0.6 is 0 Å². The van der Waals surface area contributed by atoms with Crippen molar-refractivity contribution in [1.29, 1.82) is 0 Å². The highest BCUT2D eigenvalue weighted by atomic mass is 16.5. The lowest BCUT2D eigenvalue weighted by molar-refractivity contribution is -0.119. The molecule has 2 aliphatic rings. The number of hydrogen-bond donors (Lipinski definition) is 2. The van der Waals surface area contributed by atoms with Crippen LogP contribution in [0.1, 0.15) is 36.1 Å². The van der Waals surface area contributed by atoms with Crippen molar-refractivity contribution in [2.45, 2.75) is 38.3 Å². The van der Waals surface area contributed by atoms with Crippen LogP contribution in [0.2, 0.25) is 0 Å². The van der Waals surface area contributed by atoms with Gasteiger partial charge in [0, 0.05) is 18.5 Å². The van der Waals surface area contributed by atoms with Crippen molar-refractivity contribution in [2.75, 3.05) is 6.61 Å². The Morgan fingerprint density at radius 3 is 3.06 bits per heavy atom. The van der Waals surface area contributed by atoms with Crippen LogP contribution in [-0.2, 0) is 17.6 Å². The molecule has 1 aliphatic carbocycles. The molecule has 0 saturated heterocycles. The number of benzene rings is 1. The zero-order valence-corrected chi connectivity index (χ0v) is 10.4. The first kappa shape index (κ1) is 11.5. The minimum Gasteiger partial charge on any atom is -0.490 e. The van der Waals surface area contributed by atoms with Gasteiger partial charge < -0.3 is 15.2 Å². The highest BCUT2D eigenvalue weighted by Crippen LogP contribution is 2.36. The maximum absolute atomic E-state index is 11.1. The number of amides is 1. The van der Waals surface area contributed by atoms with E-state index in [9.17, 15) is 9.90 Å². The summed E-state index contributed by atoms with van der Waals surface area (Å²) >= 11 is 0. The van der Waals surface area contributed by atoms with Crippen molar-refractivity contribution in [3.63, 3.8) is 0 Å². The summed E-state index contributed by atoms with van der Waals surface area (Å²) in [4.78, 5) is 11.1. The molecule has 0 fully saturated rings. The summed E-state index contributed by atoms with van der Waals surface area (Å²) in [6, 6.07) is 4.31. The fraction of sp³-hybridized carbons (Fsp3) is 0.500. The second-order valence-electron chi connectivity index (χ2n) is 5.13. The highest BCUT2D eigenvalue weighted by molar-refractivity contribution is 5.73. The van der Waals surface area contributed by atoms with Gasteiger partial charge in [-0.05, 0) is 42.5 Å². The molecule has 2 N–H and O–H groups in total. The van der Waals surface area contributed by atoms with Crippen molar-refractivity contribution in [3.8, 4) is 5.75 Å². The van der Waals surface area contributed by atoms with E-state index in [-0.39, 0.29) is 11.9 Å². The van der Waals surface area contributed by atoms with Crippen LogP contribution in [0.25, 0.3) is 0 Å². The zero-order chi connectivity index (χ0) is 12.7. The minimum atomic E-state index is -0.488. The lowest BCUT2D eigenvalue weighted by Crippen LogP contribution is -2.37. The van der Waals surface area contributed by atoms with E-state index >= 15 is 0 Å². The van der Waals surface area contributed by atoms with Crippen LogP contribution in [-0.4, -0.2) is 23.7 Å². The van der Waals surface area contributed by atoms with Gasteiger partial charge in [-0.15, -0.1) is 0 Å². The molecule has 1 heterocycles. The molecule has 4 heteroatoms. The second kappa shape index (κ2) is 4.28. The van der Waals surface area contributed by atoms with Gasteiger partial charge in [0.1, 0.15) is 18.5 Å². The largest absolute Gasteiger partial charge is 0.490 e. The number of fused-ring (bicyclic) bond motifs is 2. The van der Waals surface area contributed by atoms with Gasteiger partial charge in [0.15, 0.2) is 0 Å². The first-order chi connectivity index (χ1) is 8.63. The summed E-state index contributed by atoms with van der Waals surface area (Å²) < 4.78 is 5.46. The molecule has 1 aliphatic heterocycles. The second-order valence-corrected chi connectivity index (χ2v) is 5.13. The Labute approximate surface area is 106 Å². The van der Waals surface area contributed by atoms with Crippen LogP contribution < -0.4 is 10.1 Å². The average molecular weight is 247 g/mol. The third-order valence-corrected chi connectivity index (χ3v) is 3.72. The van der Waals surface area contributed by atoms with Crippen LogP contribution in [0.3, 0.4) is 0 Å². The van der Waals surface area contributed by atoms with Crippen molar-refractivity contribution in [1.82, 2.24) is 5.32 Å². The molecule has 1 aromatic carbocycles. The van der Waals surface area contributed by atoms with Crippen molar-refractivity contribution < 1.29 is 14.6 Å². The molecule has 0 aromatic heterocycles. The van der Waals surface area contributed by atoms with E-state index in [2.05, 4.69) is 11.4 Å². The Morgan fingerprint density at radius 1 is 1.44 bits per heavy atom. The Morgan fingerprint density at radius 2 is 2.28 bits per heavy atom. The number of rotatable bonds is 1. The molecule has 4 nitrogen and oxygen atoms in total. The summed E-state index contributed by atoms with van der Waals surface area (Å²) in [5.74, 6) is 0.820. The van der Waals surface area contributed by atoms with Crippen LogP contribution in [0, 0.1) is 0 Å². The van der Waals surface area contributed by atoms with Gasteiger partial charge in [0.25, 0.3) is 0 Å². The number of aliphatic hydroxyl groups is 1. The highest BCUT2D eigenvalue weighted by Gasteiger charge is 2.27. The van der Waals surface area contributed by atoms with E-state index in [1.807, 2.05) is 6.07 Å². The molecular weight excluding hydrogens is 230 g/mol. The summed E-state index contributed by atoms with van der Waals surface area (Å²) in [6.45, 7) is 1.91. The lowest BCUT2D eigenvalue weighted by atomic mass is 9.86. The molecule has 18 heavy (non-hydrogen) atoms. The van der Waals surface area contributed by atoms with Gasteiger partial charge in [-0.25, -0.2) is 0 Å². The number of carbonyl (C=O) groups is 1. The standard InChI is InChI=1S/C14H17NO3/c1-8(16)15-11-3-2-9-5-12-13(17)7-18-14(12)6-10(9)4-11/h5-6,11,13,17H,2-4,7H2,1H3,(H,15,16). The van der Waals surface area contributed by atoms with Gasteiger partial charge >= 0.3 is 0 Å². The van der Waals surface area contributed by atoms with Gasteiger partial charge in [-0.1, -0.05) is 0 Å². The normalized spacial score (nSPS) is 25.0. The molecule has 0 radical (unpaired) electrons. The molecule has 2 atom stereocenters. The number of hydrogen-bond acceptors (Lipinski definition) is 3. The third kappa shape index (κ3) is 1.97. The van der Waals surface area contributed by atoms with Crippen molar-refractivity contribution in [2.24, 2.45) is 0 Å². The SMILES string of the molecule is CC(=O)NC1CCc2cc3c(cc2C1)OCC3O. The lowest BCUT2D eigenvalue weighted by Gasteiger charge is -2.25. The fourth-order valence-corrected chi connectivity index (χ4v) is 2.86. The summed E-state index contributed by atoms with van der Waals surface area (Å²) in [7, 11) is 0. The van der Waals surface area contributed by atoms with Gasteiger partial charge in [0.05, 0.1) is 0 Å². The van der Waals surface area contributed by atoms with Gasteiger partial charge in [-0.3, -0.25) is 4.79 Å². The molecule has 1 amide bonds. The number of aliphatic hydroxyl groups excluding tert-OH is 1. The van der Waals surface area contributed by atoms with E-state index in [0.717, 1.165) is 30.6 Å². The topological polar surface area (TPSA) is 58.6 Å². The summed E-state index contributed by atoms with van der Waals surface area (Å²) in [5, 5.41) is 12.7. The Bertz CT molecular complexity index is 498. The molecular formula is C14H17NO3. The maximum Gasteiger partial charge on any atom is 0.217 e. The Balaban J connectivity index is 1.86. The zero-order valence-electron chi connectivity index (χ0n) is 10.4.